The smallest absolute Gasteiger partial charge is 0.387 e. The zero-order valence-corrected chi connectivity index (χ0v) is 25.8. The van der Waals surface area contributed by atoms with Gasteiger partial charge in [0.15, 0.2) is 17.7 Å². The van der Waals surface area contributed by atoms with Gasteiger partial charge in [-0.25, -0.2) is 9.50 Å². The van der Waals surface area contributed by atoms with Gasteiger partial charge in [-0.2, -0.15) is 23.8 Å². The first kappa shape index (κ1) is 30.8. The molecule has 0 saturated carbocycles. The monoisotopic (exact) mass is 640 g/mol. The van der Waals surface area contributed by atoms with Crippen molar-refractivity contribution in [1.29, 1.82) is 0 Å². The molecule has 1 aliphatic heterocycles. The van der Waals surface area contributed by atoms with E-state index in [0.29, 0.717) is 34.0 Å². The number of hydrogen-bond acceptors (Lipinski definition) is 12. The minimum Gasteiger partial charge on any atom is -0.434 e. The van der Waals surface area contributed by atoms with E-state index in [-0.39, 0.29) is 18.3 Å². The van der Waals surface area contributed by atoms with Crippen LogP contribution in [0.15, 0.2) is 53.9 Å². The lowest BCUT2D eigenvalue weighted by Crippen LogP contribution is -2.49. The van der Waals surface area contributed by atoms with Crippen molar-refractivity contribution in [2.75, 3.05) is 51.8 Å². The van der Waals surface area contributed by atoms with Gasteiger partial charge in [-0.15, -0.1) is 22.0 Å². The van der Waals surface area contributed by atoms with E-state index in [2.05, 4.69) is 54.7 Å². The fourth-order valence-electron chi connectivity index (χ4n) is 5.19. The van der Waals surface area contributed by atoms with Crippen molar-refractivity contribution in [3.63, 3.8) is 0 Å². The first-order chi connectivity index (χ1) is 21.8. The third-order valence-electron chi connectivity index (χ3n) is 7.43. The predicted octanol–water partition coefficient (Wildman–Crippen LogP) is 2.86. The van der Waals surface area contributed by atoms with Crippen LogP contribution in [-0.2, 0) is 6.54 Å². The number of aliphatic hydroxyl groups is 1. The Morgan fingerprint density at radius 1 is 1.22 bits per heavy atom. The maximum absolute atomic E-state index is 13.4. The van der Waals surface area contributed by atoms with E-state index in [1.54, 1.807) is 50.8 Å². The number of nitrogens with zero attached hydrogens (tertiary/aromatic N) is 11. The van der Waals surface area contributed by atoms with Crippen LogP contribution in [0.3, 0.4) is 0 Å². The molecule has 14 nitrogen and oxygen atoms in total. The highest BCUT2D eigenvalue weighted by Crippen LogP contribution is 2.38. The molecule has 0 bridgehead atoms. The number of ether oxygens (including phenoxy) is 1. The Hall–Kier alpha value is -4.19. The second-order valence-electron chi connectivity index (χ2n) is 11.0. The van der Waals surface area contributed by atoms with Gasteiger partial charge in [-0.1, -0.05) is 0 Å². The Morgan fingerprint density at radius 3 is 2.84 bits per heavy atom. The van der Waals surface area contributed by atoms with Gasteiger partial charge < -0.3 is 20.1 Å². The Labute approximate surface area is 262 Å². The van der Waals surface area contributed by atoms with Gasteiger partial charge in [0.05, 0.1) is 23.5 Å². The van der Waals surface area contributed by atoms with E-state index < -0.39 is 12.8 Å². The zero-order chi connectivity index (χ0) is 31.5. The van der Waals surface area contributed by atoms with Gasteiger partial charge >= 0.3 is 6.61 Å². The van der Waals surface area contributed by atoms with Crippen molar-refractivity contribution in [2.24, 2.45) is 0 Å². The number of thioether (sulfide) groups is 1. The largest absolute Gasteiger partial charge is 0.434 e. The maximum atomic E-state index is 13.4. The van der Waals surface area contributed by atoms with Gasteiger partial charge in [-0.3, -0.25) is 9.58 Å². The lowest BCUT2D eigenvalue weighted by Gasteiger charge is -2.38. The van der Waals surface area contributed by atoms with Gasteiger partial charge in [0.1, 0.15) is 18.0 Å². The van der Waals surface area contributed by atoms with Crippen LogP contribution >= 0.6 is 11.8 Å². The summed E-state index contributed by atoms with van der Waals surface area (Å²) in [5.74, 6) is 0.392. The predicted molar refractivity (Wildman–Crippen MR) is 163 cm³/mol. The summed E-state index contributed by atoms with van der Waals surface area (Å²) in [7, 11) is 4.14. The summed E-state index contributed by atoms with van der Waals surface area (Å²) in [6.07, 6.45) is 8.23. The summed E-state index contributed by atoms with van der Waals surface area (Å²) in [5, 5.41) is 36.3. The molecule has 1 saturated heterocycles. The van der Waals surface area contributed by atoms with Crippen molar-refractivity contribution in [1.82, 2.24) is 54.4 Å². The molecular formula is C28H34F2N12O2S. The maximum Gasteiger partial charge on any atom is 0.387 e. The van der Waals surface area contributed by atoms with Crippen LogP contribution < -0.4 is 10.1 Å². The number of anilines is 1. The Morgan fingerprint density at radius 2 is 2.07 bits per heavy atom. The second kappa shape index (κ2) is 13.4. The topological polar surface area (TPSA) is 140 Å². The summed E-state index contributed by atoms with van der Waals surface area (Å²) in [6, 6.07) is 6.78. The normalized spacial score (nSPS) is 14.8. The lowest BCUT2D eigenvalue weighted by atomic mass is 10.1. The number of likely N-dealkylation sites (tertiary alicyclic amines) is 1. The van der Waals surface area contributed by atoms with Gasteiger partial charge in [0.25, 0.3) is 0 Å². The Bertz CT molecular complexity index is 1740. The minimum atomic E-state index is -3.03. The molecule has 1 fully saturated rings. The molecule has 238 valence electrons. The average Bonchev–Trinajstić information content (AvgIpc) is 3.73. The van der Waals surface area contributed by atoms with E-state index in [0.717, 1.165) is 37.5 Å². The third-order valence-corrected chi connectivity index (χ3v) is 8.16. The number of alkyl halides is 2. The number of nitrogens with one attached hydrogen (secondary N) is 1. The van der Waals surface area contributed by atoms with Crippen LogP contribution in [0.1, 0.15) is 30.1 Å². The molecule has 2 N–H and O–H groups in total. The quantitative estimate of drug-likeness (QED) is 0.136. The van der Waals surface area contributed by atoms with E-state index in [1.165, 1.54) is 24.0 Å². The minimum absolute atomic E-state index is 0.0487. The van der Waals surface area contributed by atoms with Crippen LogP contribution in [0.2, 0.25) is 0 Å². The molecular weight excluding hydrogens is 606 g/mol. The molecule has 0 aliphatic carbocycles. The summed E-state index contributed by atoms with van der Waals surface area (Å²) in [6.45, 7) is 0.910. The zero-order valence-electron chi connectivity index (χ0n) is 25.0. The Balaban J connectivity index is 1.25. The number of hydrogen-bond donors (Lipinski definition) is 2. The molecule has 0 radical (unpaired) electrons. The van der Waals surface area contributed by atoms with Gasteiger partial charge in [-0.05, 0) is 69.3 Å². The summed E-state index contributed by atoms with van der Waals surface area (Å²) in [5.41, 5.74) is 1.89. The first-order valence-corrected chi connectivity index (χ1v) is 15.6. The molecule has 45 heavy (non-hydrogen) atoms. The average molecular weight is 641 g/mol. The molecule has 0 amide bonds. The number of aliphatic hydroxyl groups excluding tert-OH is 1. The highest BCUT2D eigenvalue weighted by atomic mass is 32.2. The Kier molecular flexibility index (Phi) is 9.20. The third kappa shape index (κ3) is 7.06. The summed E-state index contributed by atoms with van der Waals surface area (Å²) in [4.78, 5) is 11.3. The van der Waals surface area contributed by atoms with Crippen LogP contribution in [0.4, 0.5) is 14.5 Å². The number of tetrazole rings is 1. The lowest BCUT2D eigenvalue weighted by molar-refractivity contribution is -0.0494. The molecule has 5 heterocycles. The standard InChI is InChI=1S/C28H34F2N12O2S/c1-38(2)9-5-10-39-14-18(15-39)42-35-24(34-37-42)17-40-16-22(33-27(43)21-13-32-41-11-4-8-31-26(21)41)25(36-40)20-12-19(45-3)6-7-23(20)44-28(29)30/h4,6-8,11-13,16,18,27-28,33,43H,5,9-10,14-15,17H2,1-3H3. The summed E-state index contributed by atoms with van der Waals surface area (Å²) < 4.78 is 34.8. The molecule has 0 spiro atoms. The molecule has 1 atom stereocenters. The molecule has 1 unspecified atom stereocenters. The van der Waals surface area contributed by atoms with Crippen molar-refractivity contribution >= 4 is 23.1 Å². The first-order valence-electron chi connectivity index (χ1n) is 14.4. The molecule has 1 aliphatic rings. The molecule has 5 aromatic rings. The highest BCUT2D eigenvalue weighted by molar-refractivity contribution is 7.98. The van der Waals surface area contributed by atoms with Crippen molar-refractivity contribution < 1.29 is 18.6 Å². The highest BCUT2D eigenvalue weighted by Gasteiger charge is 2.30. The van der Waals surface area contributed by atoms with Crippen LogP contribution in [0, 0.1) is 0 Å². The van der Waals surface area contributed by atoms with Crippen LogP contribution in [0.5, 0.6) is 5.75 Å². The van der Waals surface area contributed by atoms with E-state index in [1.807, 2.05) is 6.26 Å². The fraction of sp³-hybridized carbons (Fsp3) is 0.429. The number of rotatable bonds is 14. The van der Waals surface area contributed by atoms with Crippen LogP contribution in [0.25, 0.3) is 16.9 Å². The van der Waals surface area contributed by atoms with E-state index in [4.69, 9.17) is 9.84 Å². The molecule has 6 rings (SSSR count). The molecule has 1 aromatic carbocycles. The van der Waals surface area contributed by atoms with Crippen molar-refractivity contribution in [3.05, 3.63) is 60.4 Å². The van der Waals surface area contributed by atoms with Gasteiger partial charge in [0.2, 0.25) is 0 Å². The summed E-state index contributed by atoms with van der Waals surface area (Å²) >= 11 is 1.45. The number of benzene rings is 1. The second-order valence-corrected chi connectivity index (χ2v) is 11.8. The van der Waals surface area contributed by atoms with Crippen molar-refractivity contribution in [3.8, 4) is 17.0 Å². The van der Waals surface area contributed by atoms with Crippen LogP contribution in [-0.4, -0.2) is 113 Å². The van der Waals surface area contributed by atoms with Gasteiger partial charge in [0, 0.05) is 42.1 Å². The number of fused-ring (bicyclic) bond motifs is 1. The fourth-order valence-corrected chi connectivity index (χ4v) is 5.63. The van der Waals surface area contributed by atoms with E-state index in [9.17, 15) is 13.9 Å². The van der Waals surface area contributed by atoms with E-state index >= 15 is 0 Å². The number of aromatic nitrogens is 9. The SMILES string of the molecule is CSc1ccc(OC(F)F)c(-c2nn(Cc3nnn(C4CN(CCCN(C)C)C4)n3)cc2NC(O)c2cnn3cccnc23)c1. The molecule has 17 heteroatoms. The number of halogens is 2. The van der Waals surface area contributed by atoms with Crippen molar-refractivity contribution in [2.45, 2.75) is 36.7 Å². The molecule has 4 aromatic heterocycles.